The quantitative estimate of drug-likeness (QED) is 0.892. The number of hydrogen-bond acceptors (Lipinski definition) is 3. The second-order valence-corrected chi connectivity index (χ2v) is 5.13. The maximum Gasteiger partial charge on any atom is 0.137 e. The monoisotopic (exact) mass is 269 g/mol. The molecule has 1 saturated heterocycles. The van der Waals surface area contributed by atoms with Gasteiger partial charge in [0, 0.05) is 19.7 Å². The Balaban J connectivity index is 1.81. The van der Waals surface area contributed by atoms with Gasteiger partial charge in [-0.05, 0) is 37.0 Å². The highest BCUT2D eigenvalue weighted by molar-refractivity contribution is 6.32. The first kappa shape index (κ1) is 13.7. The molecule has 18 heavy (non-hydrogen) atoms. The minimum Gasteiger partial charge on any atom is -0.495 e. The first-order chi connectivity index (χ1) is 8.70. The zero-order valence-electron chi connectivity index (χ0n) is 10.9. The van der Waals surface area contributed by atoms with E-state index in [4.69, 9.17) is 21.1 Å². The van der Waals surface area contributed by atoms with Gasteiger partial charge in [0.05, 0.1) is 18.2 Å². The molecule has 100 valence electrons. The summed E-state index contributed by atoms with van der Waals surface area (Å²) in [6.45, 7) is 4.85. The molecule has 1 heterocycles. The Hall–Kier alpha value is -0.770. The summed E-state index contributed by atoms with van der Waals surface area (Å²) < 4.78 is 10.7. The van der Waals surface area contributed by atoms with E-state index in [0.717, 1.165) is 31.9 Å². The first-order valence-electron chi connectivity index (χ1n) is 6.35. The highest BCUT2D eigenvalue weighted by Gasteiger charge is 2.23. The van der Waals surface area contributed by atoms with Crippen molar-refractivity contribution in [1.82, 2.24) is 5.32 Å². The molecule has 0 amide bonds. The summed E-state index contributed by atoms with van der Waals surface area (Å²) in [5.41, 5.74) is 1.17. The lowest BCUT2D eigenvalue weighted by Gasteiger charge is -2.15. The number of hydrogen-bond donors (Lipinski definition) is 1. The molecule has 0 spiro atoms. The van der Waals surface area contributed by atoms with E-state index in [1.165, 1.54) is 5.56 Å². The van der Waals surface area contributed by atoms with Crippen LogP contribution < -0.4 is 10.1 Å². The van der Waals surface area contributed by atoms with Gasteiger partial charge in [0.1, 0.15) is 5.75 Å². The van der Waals surface area contributed by atoms with Crippen molar-refractivity contribution in [2.45, 2.75) is 26.0 Å². The fourth-order valence-corrected chi connectivity index (χ4v) is 2.55. The molecule has 1 aliphatic heterocycles. The topological polar surface area (TPSA) is 30.5 Å². The van der Waals surface area contributed by atoms with E-state index in [1.54, 1.807) is 7.11 Å². The second kappa shape index (κ2) is 6.41. The lowest BCUT2D eigenvalue weighted by Crippen LogP contribution is -2.26. The van der Waals surface area contributed by atoms with Gasteiger partial charge in [-0.15, -0.1) is 0 Å². The van der Waals surface area contributed by atoms with Crippen LogP contribution >= 0.6 is 11.6 Å². The van der Waals surface area contributed by atoms with Gasteiger partial charge in [-0.25, -0.2) is 0 Å². The largest absolute Gasteiger partial charge is 0.495 e. The van der Waals surface area contributed by atoms with Crippen molar-refractivity contribution in [1.29, 1.82) is 0 Å². The van der Waals surface area contributed by atoms with Crippen molar-refractivity contribution >= 4 is 11.6 Å². The van der Waals surface area contributed by atoms with E-state index in [0.29, 0.717) is 17.0 Å². The molecule has 1 aromatic carbocycles. The predicted octanol–water partition coefficient (Wildman–Crippen LogP) is 2.86. The van der Waals surface area contributed by atoms with Gasteiger partial charge in [0.15, 0.2) is 0 Å². The predicted molar refractivity (Wildman–Crippen MR) is 73.2 cm³/mol. The Bertz CT molecular complexity index is 397. The molecular weight excluding hydrogens is 250 g/mol. The highest BCUT2D eigenvalue weighted by Crippen LogP contribution is 2.25. The molecule has 2 unspecified atom stereocenters. The van der Waals surface area contributed by atoms with Gasteiger partial charge in [0.2, 0.25) is 0 Å². The zero-order valence-corrected chi connectivity index (χ0v) is 11.7. The number of nitrogens with one attached hydrogen (secondary N) is 1. The fraction of sp³-hybridized carbons (Fsp3) is 0.571. The average molecular weight is 270 g/mol. The van der Waals surface area contributed by atoms with Crippen LogP contribution in [-0.2, 0) is 11.3 Å². The smallest absolute Gasteiger partial charge is 0.137 e. The van der Waals surface area contributed by atoms with Crippen molar-refractivity contribution in [2.24, 2.45) is 5.92 Å². The molecule has 1 N–H and O–H groups in total. The van der Waals surface area contributed by atoms with Gasteiger partial charge in [-0.1, -0.05) is 17.7 Å². The average Bonchev–Trinajstić information content (AvgIpc) is 2.75. The Kier molecular flexibility index (Phi) is 4.87. The van der Waals surface area contributed by atoms with Crippen LogP contribution in [0.3, 0.4) is 0 Å². The standard InChI is InChI=1S/C14H20ClNO2/c1-10-12(5-6-18-10)9-16-8-11-3-4-14(17-2)13(15)7-11/h3-4,7,10,12,16H,5-6,8-9H2,1-2H3. The Morgan fingerprint density at radius 2 is 2.33 bits per heavy atom. The Morgan fingerprint density at radius 3 is 2.94 bits per heavy atom. The van der Waals surface area contributed by atoms with Crippen molar-refractivity contribution in [2.75, 3.05) is 20.3 Å². The summed E-state index contributed by atoms with van der Waals surface area (Å²) in [5.74, 6) is 1.34. The number of benzene rings is 1. The fourth-order valence-electron chi connectivity index (χ4n) is 2.27. The van der Waals surface area contributed by atoms with Gasteiger partial charge in [-0.2, -0.15) is 0 Å². The maximum atomic E-state index is 6.09. The molecule has 0 aromatic heterocycles. The van der Waals surface area contributed by atoms with Gasteiger partial charge in [-0.3, -0.25) is 0 Å². The minimum atomic E-state index is 0.372. The molecule has 0 saturated carbocycles. The maximum absolute atomic E-state index is 6.09. The van der Waals surface area contributed by atoms with Crippen LogP contribution in [-0.4, -0.2) is 26.4 Å². The van der Waals surface area contributed by atoms with E-state index >= 15 is 0 Å². The summed E-state index contributed by atoms with van der Waals surface area (Å²) in [7, 11) is 1.63. The van der Waals surface area contributed by atoms with Crippen LogP contribution in [0.5, 0.6) is 5.75 Å². The second-order valence-electron chi connectivity index (χ2n) is 4.72. The molecule has 1 aromatic rings. The molecule has 1 aliphatic rings. The first-order valence-corrected chi connectivity index (χ1v) is 6.73. The van der Waals surface area contributed by atoms with Crippen molar-refractivity contribution in [3.8, 4) is 5.75 Å². The van der Waals surface area contributed by atoms with E-state index in [2.05, 4.69) is 12.2 Å². The number of halogens is 1. The molecule has 3 nitrogen and oxygen atoms in total. The minimum absolute atomic E-state index is 0.372. The van der Waals surface area contributed by atoms with Gasteiger partial charge < -0.3 is 14.8 Å². The molecule has 0 aliphatic carbocycles. The number of ether oxygens (including phenoxy) is 2. The molecule has 0 radical (unpaired) electrons. The Morgan fingerprint density at radius 1 is 1.50 bits per heavy atom. The summed E-state index contributed by atoms with van der Waals surface area (Å²) in [5, 5.41) is 4.12. The van der Waals surface area contributed by atoms with E-state index < -0.39 is 0 Å². The van der Waals surface area contributed by atoms with Crippen LogP contribution in [0.2, 0.25) is 5.02 Å². The Labute approximate surface area is 113 Å². The third kappa shape index (κ3) is 3.37. The van der Waals surface area contributed by atoms with E-state index in [-0.39, 0.29) is 0 Å². The van der Waals surface area contributed by atoms with Crippen molar-refractivity contribution in [3.63, 3.8) is 0 Å². The number of rotatable bonds is 5. The normalized spacial score (nSPS) is 23.3. The van der Waals surface area contributed by atoms with E-state index in [9.17, 15) is 0 Å². The SMILES string of the molecule is COc1ccc(CNCC2CCOC2C)cc1Cl. The molecular formula is C14H20ClNO2. The highest BCUT2D eigenvalue weighted by atomic mass is 35.5. The van der Waals surface area contributed by atoms with Crippen LogP contribution in [0, 0.1) is 5.92 Å². The summed E-state index contributed by atoms with van der Waals surface area (Å²) in [6, 6.07) is 5.88. The van der Waals surface area contributed by atoms with Crippen LogP contribution in [0.25, 0.3) is 0 Å². The lowest BCUT2D eigenvalue weighted by molar-refractivity contribution is 0.105. The van der Waals surface area contributed by atoms with Crippen LogP contribution in [0.1, 0.15) is 18.9 Å². The summed E-state index contributed by atoms with van der Waals surface area (Å²) in [4.78, 5) is 0. The van der Waals surface area contributed by atoms with Crippen LogP contribution in [0.4, 0.5) is 0 Å². The summed E-state index contributed by atoms with van der Waals surface area (Å²) in [6.07, 6.45) is 1.52. The molecule has 1 fully saturated rings. The van der Waals surface area contributed by atoms with E-state index in [1.807, 2.05) is 18.2 Å². The van der Waals surface area contributed by atoms with Gasteiger partial charge >= 0.3 is 0 Å². The molecule has 0 bridgehead atoms. The molecule has 2 atom stereocenters. The number of methoxy groups -OCH3 is 1. The molecule has 4 heteroatoms. The van der Waals surface area contributed by atoms with Crippen molar-refractivity contribution < 1.29 is 9.47 Å². The van der Waals surface area contributed by atoms with Gasteiger partial charge in [0.25, 0.3) is 0 Å². The molecule has 2 rings (SSSR count). The third-order valence-corrected chi connectivity index (χ3v) is 3.78. The van der Waals surface area contributed by atoms with Crippen molar-refractivity contribution in [3.05, 3.63) is 28.8 Å². The third-order valence-electron chi connectivity index (χ3n) is 3.49. The summed E-state index contributed by atoms with van der Waals surface area (Å²) >= 11 is 6.09. The zero-order chi connectivity index (χ0) is 13.0. The van der Waals surface area contributed by atoms with Crippen LogP contribution in [0.15, 0.2) is 18.2 Å². The lowest BCUT2D eigenvalue weighted by atomic mass is 10.0.